The maximum Gasteiger partial charge on any atom is 0.408 e. The van der Waals surface area contributed by atoms with E-state index in [9.17, 15) is 18.0 Å². The van der Waals surface area contributed by atoms with Gasteiger partial charge in [0.15, 0.2) is 0 Å². The summed E-state index contributed by atoms with van der Waals surface area (Å²) in [5, 5.41) is 6.04. The smallest absolute Gasteiger partial charge is 0.408 e. The lowest BCUT2D eigenvalue weighted by molar-refractivity contribution is -0.142. The van der Waals surface area contributed by atoms with E-state index in [4.69, 9.17) is 4.74 Å². The van der Waals surface area contributed by atoms with Crippen molar-refractivity contribution < 1.29 is 22.7 Å². The number of aromatic nitrogens is 2. The molecule has 1 aromatic heterocycles. The predicted molar refractivity (Wildman–Crippen MR) is 71.6 cm³/mol. The SMILES string of the molecule is C=C(CNC(=O)OC(C)(C)C)c1ccnn1CC(F)(F)F. The molecule has 1 aromatic rings. The largest absolute Gasteiger partial charge is 0.444 e. The van der Waals surface area contributed by atoms with Crippen molar-refractivity contribution in [3.63, 3.8) is 0 Å². The number of nitrogens with one attached hydrogen (secondary N) is 1. The van der Waals surface area contributed by atoms with Crippen molar-refractivity contribution in [1.82, 2.24) is 15.1 Å². The first kappa shape index (κ1) is 17.1. The third kappa shape index (κ3) is 6.33. The van der Waals surface area contributed by atoms with Crippen molar-refractivity contribution >= 4 is 11.7 Å². The highest BCUT2D eigenvalue weighted by atomic mass is 19.4. The fraction of sp³-hybridized carbons (Fsp3) is 0.538. The molecule has 0 bridgehead atoms. The van der Waals surface area contributed by atoms with Crippen LogP contribution in [-0.2, 0) is 11.3 Å². The summed E-state index contributed by atoms with van der Waals surface area (Å²) in [4.78, 5) is 11.5. The minimum absolute atomic E-state index is 0.0293. The Balaban J connectivity index is 2.61. The molecule has 118 valence electrons. The molecule has 1 heterocycles. The number of carbonyl (C=O) groups excluding carboxylic acids is 1. The van der Waals surface area contributed by atoms with E-state index in [1.165, 1.54) is 12.3 Å². The van der Waals surface area contributed by atoms with Crippen molar-refractivity contribution in [2.45, 2.75) is 39.1 Å². The van der Waals surface area contributed by atoms with Crippen molar-refractivity contribution in [2.75, 3.05) is 6.54 Å². The Morgan fingerprint density at radius 2 is 2.05 bits per heavy atom. The second-order valence-electron chi connectivity index (χ2n) is 5.45. The molecular weight excluding hydrogens is 287 g/mol. The Labute approximate surface area is 120 Å². The molecule has 0 fully saturated rings. The van der Waals surface area contributed by atoms with Gasteiger partial charge in [-0.05, 0) is 32.4 Å². The number of hydrogen-bond acceptors (Lipinski definition) is 3. The van der Waals surface area contributed by atoms with Gasteiger partial charge in [-0.1, -0.05) is 6.58 Å². The maximum absolute atomic E-state index is 12.4. The monoisotopic (exact) mass is 305 g/mol. The summed E-state index contributed by atoms with van der Waals surface area (Å²) >= 11 is 0. The van der Waals surface area contributed by atoms with Crippen molar-refractivity contribution in [3.05, 3.63) is 24.5 Å². The van der Waals surface area contributed by atoms with Crippen LogP contribution < -0.4 is 5.32 Å². The summed E-state index contributed by atoms with van der Waals surface area (Å²) in [6.45, 7) is 7.55. The number of alkyl carbamates (subject to hydrolysis) is 1. The molecule has 0 atom stereocenters. The van der Waals surface area contributed by atoms with E-state index >= 15 is 0 Å². The van der Waals surface area contributed by atoms with E-state index in [2.05, 4.69) is 17.0 Å². The van der Waals surface area contributed by atoms with E-state index in [1.807, 2.05) is 0 Å². The van der Waals surface area contributed by atoms with Crippen LogP contribution in [-0.4, -0.2) is 34.2 Å². The molecule has 0 spiro atoms. The molecule has 0 aromatic carbocycles. The zero-order valence-electron chi connectivity index (χ0n) is 12.1. The molecule has 1 rings (SSSR count). The van der Waals surface area contributed by atoms with Gasteiger partial charge < -0.3 is 10.1 Å². The van der Waals surface area contributed by atoms with Crippen LogP contribution in [0.1, 0.15) is 26.5 Å². The first-order chi connectivity index (χ1) is 9.48. The van der Waals surface area contributed by atoms with Gasteiger partial charge in [0.2, 0.25) is 0 Å². The maximum atomic E-state index is 12.4. The minimum Gasteiger partial charge on any atom is -0.444 e. The number of alkyl halides is 3. The van der Waals surface area contributed by atoms with Crippen LogP contribution in [0.2, 0.25) is 0 Å². The quantitative estimate of drug-likeness (QED) is 0.930. The standard InChI is InChI=1S/C13H18F3N3O2/c1-9(7-17-11(20)21-12(2,3)4)10-5-6-18-19(10)8-13(14,15)16/h5-6H,1,7-8H2,2-4H3,(H,17,20). The lowest BCUT2D eigenvalue weighted by Crippen LogP contribution is -2.33. The summed E-state index contributed by atoms with van der Waals surface area (Å²) in [7, 11) is 0. The van der Waals surface area contributed by atoms with Gasteiger partial charge in [0.05, 0.1) is 5.69 Å². The summed E-state index contributed by atoms with van der Waals surface area (Å²) < 4.78 is 43.0. The number of hydrogen-bond donors (Lipinski definition) is 1. The average Bonchev–Trinajstić information content (AvgIpc) is 2.69. The highest BCUT2D eigenvalue weighted by Gasteiger charge is 2.29. The van der Waals surface area contributed by atoms with Gasteiger partial charge >= 0.3 is 12.3 Å². The number of rotatable bonds is 4. The van der Waals surface area contributed by atoms with Crippen LogP contribution >= 0.6 is 0 Å². The number of nitrogens with zero attached hydrogens (tertiary/aromatic N) is 2. The zero-order valence-corrected chi connectivity index (χ0v) is 12.1. The summed E-state index contributed by atoms with van der Waals surface area (Å²) in [5.74, 6) is 0. The summed E-state index contributed by atoms with van der Waals surface area (Å²) in [5.41, 5.74) is -0.130. The Morgan fingerprint density at radius 1 is 1.43 bits per heavy atom. The van der Waals surface area contributed by atoms with Crippen molar-refractivity contribution in [3.8, 4) is 0 Å². The molecule has 0 aliphatic rings. The van der Waals surface area contributed by atoms with E-state index in [-0.39, 0.29) is 12.2 Å². The van der Waals surface area contributed by atoms with Crippen LogP contribution in [0.4, 0.5) is 18.0 Å². The molecule has 0 saturated heterocycles. The van der Waals surface area contributed by atoms with Crippen LogP contribution in [0.25, 0.3) is 5.57 Å². The summed E-state index contributed by atoms with van der Waals surface area (Å²) in [6.07, 6.45) is -3.79. The third-order valence-electron chi connectivity index (χ3n) is 2.25. The van der Waals surface area contributed by atoms with Crippen LogP contribution in [0.5, 0.6) is 0 Å². The fourth-order valence-corrected chi connectivity index (χ4v) is 1.51. The Hall–Kier alpha value is -1.99. The normalized spacial score (nSPS) is 12.1. The van der Waals surface area contributed by atoms with Gasteiger partial charge in [-0.15, -0.1) is 0 Å². The molecular formula is C13H18F3N3O2. The third-order valence-corrected chi connectivity index (χ3v) is 2.25. The molecule has 5 nitrogen and oxygen atoms in total. The topological polar surface area (TPSA) is 56.1 Å². The van der Waals surface area contributed by atoms with Crippen molar-refractivity contribution in [2.24, 2.45) is 0 Å². The predicted octanol–water partition coefficient (Wildman–Crippen LogP) is 2.98. The van der Waals surface area contributed by atoms with Gasteiger partial charge in [0.25, 0.3) is 0 Å². The molecule has 0 aliphatic heterocycles. The van der Waals surface area contributed by atoms with E-state index < -0.39 is 24.4 Å². The lowest BCUT2D eigenvalue weighted by Gasteiger charge is -2.20. The van der Waals surface area contributed by atoms with E-state index in [1.54, 1.807) is 20.8 Å². The molecule has 1 N–H and O–H groups in total. The van der Waals surface area contributed by atoms with Gasteiger partial charge in [0.1, 0.15) is 12.1 Å². The second-order valence-corrected chi connectivity index (χ2v) is 5.45. The number of ether oxygens (including phenoxy) is 1. The van der Waals surface area contributed by atoms with Gasteiger partial charge in [-0.2, -0.15) is 18.3 Å². The average molecular weight is 305 g/mol. The van der Waals surface area contributed by atoms with Crippen molar-refractivity contribution in [1.29, 1.82) is 0 Å². The Morgan fingerprint density at radius 3 is 2.57 bits per heavy atom. The van der Waals surface area contributed by atoms with E-state index in [0.29, 0.717) is 5.57 Å². The molecule has 21 heavy (non-hydrogen) atoms. The number of halogens is 3. The van der Waals surface area contributed by atoms with Crippen LogP contribution in [0.3, 0.4) is 0 Å². The van der Waals surface area contributed by atoms with Gasteiger partial charge in [-0.25, -0.2) is 4.79 Å². The van der Waals surface area contributed by atoms with Gasteiger partial charge in [-0.3, -0.25) is 4.68 Å². The Kier molecular flexibility index (Phi) is 5.03. The minimum atomic E-state index is -4.38. The van der Waals surface area contributed by atoms with Gasteiger partial charge in [0, 0.05) is 12.7 Å². The molecule has 0 unspecified atom stereocenters. The lowest BCUT2D eigenvalue weighted by atomic mass is 10.2. The first-order valence-corrected chi connectivity index (χ1v) is 6.21. The molecule has 0 saturated carbocycles. The number of amides is 1. The molecule has 1 amide bonds. The van der Waals surface area contributed by atoms with Crippen LogP contribution in [0.15, 0.2) is 18.8 Å². The van der Waals surface area contributed by atoms with Crippen LogP contribution in [0, 0.1) is 0 Å². The second kappa shape index (κ2) is 6.19. The fourth-order valence-electron chi connectivity index (χ4n) is 1.51. The Bertz CT molecular complexity index is 515. The number of carbonyl (C=O) groups is 1. The highest BCUT2D eigenvalue weighted by molar-refractivity contribution is 5.72. The molecule has 0 radical (unpaired) electrons. The zero-order chi connectivity index (χ0) is 16.3. The molecule has 0 aliphatic carbocycles. The first-order valence-electron chi connectivity index (χ1n) is 6.21. The molecule has 8 heteroatoms. The summed E-state index contributed by atoms with van der Waals surface area (Å²) in [6, 6.07) is 1.41. The highest BCUT2D eigenvalue weighted by Crippen LogP contribution is 2.20. The van der Waals surface area contributed by atoms with E-state index in [0.717, 1.165) is 4.68 Å².